The van der Waals surface area contributed by atoms with Crippen molar-refractivity contribution in [3.63, 3.8) is 0 Å². The van der Waals surface area contributed by atoms with Crippen LogP contribution in [0.4, 0.5) is 17.6 Å². The summed E-state index contributed by atoms with van der Waals surface area (Å²) in [5.41, 5.74) is -1.92. The minimum atomic E-state index is -4.82. The van der Waals surface area contributed by atoms with Crippen LogP contribution in [0.3, 0.4) is 0 Å². The molecule has 6 nitrogen and oxygen atoms in total. The Morgan fingerprint density at radius 2 is 2.16 bits per heavy atom. The number of alkyl halides is 3. The predicted octanol–water partition coefficient (Wildman–Crippen LogP) is 2.53. The summed E-state index contributed by atoms with van der Waals surface area (Å²) in [5, 5.41) is 9.02. The molecule has 0 radical (unpaired) electrons. The number of nitrogens with zero attached hydrogens (tertiary/aromatic N) is 2. The van der Waals surface area contributed by atoms with Crippen LogP contribution in [0.2, 0.25) is 0 Å². The van der Waals surface area contributed by atoms with Crippen molar-refractivity contribution in [2.45, 2.75) is 31.7 Å². The predicted molar refractivity (Wildman–Crippen MR) is 77.1 cm³/mol. The molecule has 1 aliphatic rings. The van der Waals surface area contributed by atoms with Crippen LogP contribution in [0.25, 0.3) is 0 Å². The lowest BCUT2D eigenvalue weighted by atomic mass is 10.0. The van der Waals surface area contributed by atoms with E-state index in [9.17, 15) is 22.4 Å². The number of hydrogen-bond donors (Lipinski definition) is 2. The first-order chi connectivity index (χ1) is 11.8. The maximum atomic E-state index is 14.0. The Hall–Kier alpha value is -2.49. The number of aromatic amines is 1. The second-order valence-corrected chi connectivity index (χ2v) is 5.63. The van der Waals surface area contributed by atoms with Gasteiger partial charge < -0.3 is 10.1 Å². The van der Waals surface area contributed by atoms with Crippen LogP contribution in [0.5, 0.6) is 0 Å². The van der Waals surface area contributed by atoms with Gasteiger partial charge in [0.1, 0.15) is 18.2 Å². The van der Waals surface area contributed by atoms with Crippen molar-refractivity contribution in [3.8, 4) is 0 Å². The average Bonchev–Trinajstić information content (AvgIpc) is 3.19. The molecule has 134 valence electrons. The molecule has 1 saturated heterocycles. The van der Waals surface area contributed by atoms with Gasteiger partial charge in [0.05, 0.1) is 11.6 Å². The molecule has 3 rings (SSSR count). The third kappa shape index (κ3) is 3.34. The summed E-state index contributed by atoms with van der Waals surface area (Å²) in [6, 6.07) is 1.08. The number of H-pyrrole nitrogens is 1. The van der Waals surface area contributed by atoms with Crippen molar-refractivity contribution >= 4 is 5.91 Å². The smallest absolute Gasteiger partial charge is 0.368 e. The van der Waals surface area contributed by atoms with Gasteiger partial charge in [-0.25, -0.2) is 9.37 Å². The lowest BCUT2D eigenvalue weighted by Gasteiger charge is -2.19. The van der Waals surface area contributed by atoms with E-state index in [2.05, 4.69) is 20.5 Å². The Balaban J connectivity index is 1.81. The fourth-order valence-electron chi connectivity index (χ4n) is 2.75. The maximum Gasteiger partial charge on any atom is 0.419 e. The van der Waals surface area contributed by atoms with Crippen LogP contribution in [0.1, 0.15) is 39.8 Å². The minimum absolute atomic E-state index is 0.159. The van der Waals surface area contributed by atoms with Gasteiger partial charge in [-0.05, 0) is 31.0 Å². The van der Waals surface area contributed by atoms with E-state index in [0.717, 1.165) is 13.0 Å². The minimum Gasteiger partial charge on any atom is -0.368 e. The van der Waals surface area contributed by atoms with Crippen LogP contribution in [0.15, 0.2) is 18.5 Å². The second kappa shape index (κ2) is 6.43. The summed E-state index contributed by atoms with van der Waals surface area (Å²) in [5.74, 6) is -1.70. The van der Waals surface area contributed by atoms with Crippen LogP contribution >= 0.6 is 0 Å². The van der Waals surface area contributed by atoms with Crippen molar-refractivity contribution in [1.29, 1.82) is 0 Å². The summed E-state index contributed by atoms with van der Waals surface area (Å²) in [4.78, 5) is 16.4. The zero-order valence-electron chi connectivity index (χ0n) is 13.0. The highest BCUT2D eigenvalue weighted by Gasteiger charge is 2.37. The first-order valence-corrected chi connectivity index (χ1v) is 7.43. The Labute approximate surface area is 139 Å². The SMILES string of the molecule is Cc1c(C(=O)N[C@H]2CCO[C@H]2c2ncn[nH]2)ccc(C(F)(F)F)c1F. The molecule has 1 aromatic heterocycles. The lowest BCUT2D eigenvalue weighted by molar-refractivity contribution is -0.140. The van der Waals surface area contributed by atoms with Crippen LogP contribution in [-0.4, -0.2) is 33.7 Å². The normalized spacial score (nSPS) is 20.7. The first kappa shape index (κ1) is 17.3. The Morgan fingerprint density at radius 1 is 1.40 bits per heavy atom. The molecular weight excluding hydrogens is 344 g/mol. The third-order valence-electron chi connectivity index (χ3n) is 4.05. The topological polar surface area (TPSA) is 79.9 Å². The highest BCUT2D eigenvalue weighted by molar-refractivity contribution is 5.96. The third-order valence-corrected chi connectivity index (χ3v) is 4.05. The van der Waals surface area contributed by atoms with Gasteiger partial charge in [-0.15, -0.1) is 0 Å². The molecule has 1 fully saturated rings. The molecule has 0 bridgehead atoms. The van der Waals surface area contributed by atoms with E-state index >= 15 is 0 Å². The molecule has 2 heterocycles. The van der Waals surface area contributed by atoms with E-state index in [4.69, 9.17) is 4.74 Å². The number of nitrogens with one attached hydrogen (secondary N) is 2. The van der Waals surface area contributed by atoms with Crippen LogP contribution in [-0.2, 0) is 10.9 Å². The molecule has 1 aromatic carbocycles. The number of hydrogen-bond acceptors (Lipinski definition) is 4. The van der Waals surface area contributed by atoms with Crippen molar-refractivity contribution in [1.82, 2.24) is 20.5 Å². The van der Waals surface area contributed by atoms with Crippen molar-refractivity contribution in [2.24, 2.45) is 0 Å². The molecule has 0 aliphatic carbocycles. The Morgan fingerprint density at radius 3 is 2.80 bits per heavy atom. The second-order valence-electron chi connectivity index (χ2n) is 5.63. The van der Waals surface area contributed by atoms with E-state index in [1.165, 1.54) is 6.33 Å². The fourth-order valence-corrected chi connectivity index (χ4v) is 2.75. The van der Waals surface area contributed by atoms with E-state index in [0.29, 0.717) is 24.9 Å². The van der Waals surface area contributed by atoms with Crippen LogP contribution < -0.4 is 5.32 Å². The Kier molecular flexibility index (Phi) is 4.46. The number of rotatable bonds is 3. The number of aromatic nitrogens is 3. The van der Waals surface area contributed by atoms with Gasteiger partial charge in [0.25, 0.3) is 5.91 Å². The number of benzene rings is 1. The van der Waals surface area contributed by atoms with E-state index in [1.807, 2.05) is 0 Å². The highest BCUT2D eigenvalue weighted by atomic mass is 19.4. The van der Waals surface area contributed by atoms with Gasteiger partial charge in [-0.2, -0.15) is 18.3 Å². The molecule has 1 aliphatic heterocycles. The molecule has 1 amide bonds. The van der Waals surface area contributed by atoms with Crippen LogP contribution in [0, 0.1) is 12.7 Å². The molecule has 0 saturated carbocycles. The first-order valence-electron chi connectivity index (χ1n) is 7.43. The van der Waals surface area contributed by atoms with Gasteiger partial charge in [0, 0.05) is 12.2 Å². The molecule has 0 spiro atoms. The van der Waals surface area contributed by atoms with Gasteiger partial charge in [0.2, 0.25) is 0 Å². The van der Waals surface area contributed by atoms with E-state index in [-0.39, 0.29) is 11.1 Å². The van der Waals surface area contributed by atoms with E-state index < -0.39 is 35.6 Å². The van der Waals surface area contributed by atoms with Gasteiger partial charge in [-0.3, -0.25) is 9.89 Å². The fraction of sp³-hybridized carbons (Fsp3) is 0.400. The van der Waals surface area contributed by atoms with Gasteiger partial charge in [0.15, 0.2) is 5.82 Å². The molecule has 2 aromatic rings. The number of carbonyl (C=O) groups excluding carboxylic acids is 1. The summed E-state index contributed by atoms with van der Waals surface area (Å²) < 4.78 is 57.6. The quantitative estimate of drug-likeness (QED) is 0.827. The Bertz CT molecular complexity index is 777. The zero-order valence-corrected chi connectivity index (χ0v) is 13.0. The number of halogens is 4. The van der Waals surface area contributed by atoms with Gasteiger partial charge >= 0.3 is 6.18 Å². The summed E-state index contributed by atoms with van der Waals surface area (Å²) in [6.45, 7) is 1.51. The molecule has 2 N–H and O–H groups in total. The molecule has 10 heteroatoms. The van der Waals surface area contributed by atoms with Crippen molar-refractivity contribution in [3.05, 3.63) is 46.8 Å². The number of carbonyl (C=O) groups is 1. The standard InChI is InChI=1S/C15H14F4N4O2/c1-7-8(2-3-9(11(7)16)15(17,18)19)14(24)22-10-4-5-25-12(10)13-20-6-21-23-13/h2-3,6,10,12H,4-5H2,1H3,(H,22,24)(H,20,21,23)/t10-,12+/m0/s1. The average molecular weight is 358 g/mol. The molecular formula is C15H14F4N4O2. The van der Waals surface area contributed by atoms with E-state index in [1.54, 1.807) is 0 Å². The summed E-state index contributed by atoms with van der Waals surface area (Å²) in [7, 11) is 0. The molecule has 0 unspecified atom stereocenters. The highest BCUT2D eigenvalue weighted by Crippen LogP contribution is 2.33. The maximum absolute atomic E-state index is 14.0. The largest absolute Gasteiger partial charge is 0.419 e. The monoisotopic (exact) mass is 358 g/mol. The lowest BCUT2D eigenvalue weighted by Crippen LogP contribution is -2.37. The summed E-state index contributed by atoms with van der Waals surface area (Å²) in [6.07, 6.45) is -3.59. The van der Waals surface area contributed by atoms with Crippen molar-refractivity contribution < 1.29 is 27.1 Å². The summed E-state index contributed by atoms with van der Waals surface area (Å²) >= 11 is 0. The molecule has 2 atom stereocenters. The number of amides is 1. The number of ether oxygens (including phenoxy) is 1. The van der Waals surface area contributed by atoms with Gasteiger partial charge in [-0.1, -0.05) is 0 Å². The van der Waals surface area contributed by atoms with Crippen molar-refractivity contribution in [2.75, 3.05) is 6.61 Å². The zero-order chi connectivity index (χ0) is 18.2. The molecule has 25 heavy (non-hydrogen) atoms.